The minimum absolute atomic E-state index is 0.125. The molecule has 17 heavy (non-hydrogen) atoms. The molecule has 0 fully saturated rings. The lowest BCUT2D eigenvalue weighted by molar-refractivity contribution is 0.375. The molecule has 0 heterocycles. The van der Waals surface area contributed by atoms with Gasteiger partial charge in [0, 0.05) is 17.2 Å². The lowest BCUT2D eigenvalue weighted by atomic mass is 9.93. The minimum atomic E-state index is -0.125. The number of methoxy groups -OCH3 is 2. The SMILES string of the molecule is COc1ccc(C(N)C(C)CN)c(OC)c1C. The van der Waals surface area contributed by atoms with E-state index in [9.17, 15) is 0 Å². The zero-order valence-corrected chi connectivity index (χ0v) is 11.0. The second-order valence-electron chi connectivity index (χ2n) is 4.25. The topological polar surface area (TPSA) is 70.5 Å². The van der Waals surface area contributed by atoms with Crippen molar-refractivity contribution in [1.29, 1.82) is 0 Å². The van der Waals surface area contributed by atoms with E-state index in [1.807, 2.05) is 26.0 Å². The van der Waals surface area contributed by atoms with Crippen molar-refractivity contribution in [3.05, 3.63) is 23.3 Å². The second kappa shape index (κ2) is 5.89. The molecular weight excluding hydrogens is 216 g/mol. The molecule has 0 aliphatic heterocycles. The summed E-state index contributed by atoms with van der Waals surface area (Å²) < 4.78 is 10.7. The molecule has 0 radical (unpaired) electrons. The van der Waals surface area contributed by atoms with Gasteiger partial charge in [0.2, 0.25) is 0 Å². The summed E-state index contributed by atoms with van der Waals surface area (Å²) in [5, 5.41) is 0. The molecule has 0 aliphatic carbocycles. The van der Waals surface area contributed by atoms with Gasteiger partial charge in [-0.1, -0.05) is 13.0 Å². The van der Waals surface area contributed by atoms with E-state index in [0.717, 1.165) is 22.6 Å². The molecule has 96 valence electrons. The predicted octanol–water partition coefficient (Wildman–Crippen LogP) is 1.61. The molecule has 1 aromatic rings. The second-order valence-corrected chi connectivity index (χ2v) is 4.25. The fraction of sp³-hybridized carbons (Fsp3) is 0.538. The van der Waals surface area contributed by atoms with E-state index in [1.165, 1.54) is 0 Å². The third-order valence-corrected chi connectivity index (χ3v) is 3.15. The first-order valence-electron chi connectivity index (χ1n) is 5.73. The summed E-state index contributed by atoms with van der Waals surface area (Å²) in [6.07, 6.45) is 0. The molecule has 4 nitrogen and oxygen atoms in total. The molecule has 4 N–H and O–H groups in total. The van der Waals surface area contributed by atoms with E-state index in [4.69, 9.17) is 20.9 Å². The van der Waals surface area contributed by atoms with E-state index in [2.05, 4.69) is 0 Å². The van der Waals surface area contributed by atoms with E-state index in [1.54, 1.807) is 14.2 Å². The highest BCUT2D eigenvalue weighted by atomic mass is 16.5. The Morgan fingerprint density at radius 2 is 1.88 bits per heavy atom. The van der Waals surface area contributed by atoms with Crippen LogP contribution in [0.5, 0.6) is 11.5 Å². The Labute approximate surface area is 103 Å². The third-order valence-electron chi connectivity index (χ3n) is 3.15. The minimum Gasteiger partial charge on any atom is -0.496 e. The molecule has 0 saturated carbocycles. The Morgan fingerprint density at radius 3 is 2.35 bits per heavy atom. The Balaban J connectivity index is 3.20. The van der Waals surface area contributed by atoms with Gasteiger partial charge < -0.3 is 20.9 Å². The summed E-state index contributed by atoms with van der Waals surface area (Å²) in [5.74, 6) is 1.80. The first-order chi connectivity index (χ1) is 8.06. The van der Waals surface area contributed by atoms with Gasteiger partial charge in [0.05, 0.1) is 14.2 Å². The standard InChI is InChI=1S/C13H22N2O2/c1-8(7-14)12(15)10-5-6-11(16-3)9(2)13(10)17-4/h5-6,8,12H,7,14-15H2,1-4H3. The van der Waals surface area contributed by atoms with E-state index < -0.39 is 0 Å². The Hall–Kier alpha value is -1.26. The van der Waals surface area contributed by atoms with Crippen LogP contribution in [0.3, 0.4) is 0 Å². The molecular formula is C13H22N2O2. The van der Waals surface area contributed by atoms with Crippen LogP contribution >= 0.6 is 0 Å². The van der Waals surface area contributed by atoms with Gasteiger partial charge in [-0.05, 0) is 25.5 Å². The lowest BCUT2D eigenvalue weighted by Gasteiger charge is -2.22. The van der Waals surface area contributed by atoms with Gasteiger partial charge in [0.15, 0.2) is 0 Å². The van der Waals surface area contributed by atoms with E-state index in [-0.39, 0.29) is 12.0 Å². The van der Waals surface area contributed by atoms with Crippen LogP contribution in [0.2, 0.25) is 0 Å². The van der Waals surface area contributed by atoms with Gasteiger partial charge in [0.25, 0.3) is 0 Å². The largest absolute Gasteiger partial charge is 0.496 e. The molecule has 2 unspecified atom stereocenters. The van der Waals surface area contributed by atoms with Crippen molar-refractivity contribution in [2.75, 3.05) is 20.8 Å². The van der Waals surface area contributed by atoms with Crippen molar-refractivity contribution in [3.8, 4) is 11.5 Å². The van der Waals surface area contributed by atoms with Crippen LogP contribution in [0.1, 0.15) is 24.1 Å². The van der Waals surface area contributed by atoms with Gasteiger partial charge >= 0.3 is 0 Å². The van der Waals surface area contributed by atoms with Gasteiger partial charge in [-0.15, -0.1) is 0 Å². The number of ether oxygens (including phenoxy) is 2. The van der Waals surface area contributed by atoms with Gasteiger partial charge in [-0.2, -0.15) is 0 Å². The number of hydrogen-bond donors (Lipinski definition) is 2. The van der Waals surface area contributed by atoms with Crippen LogP contribution in [0.15, 0.2) is 12.1 Å². The molecule has 1 aromatic carbocycles. The number of benzene rings is 1. The summed E-state index contributed by atoms with van der Waals surface area (Å²) in [4.78, 5) is 0. The average molecular weight is 238 g/mol. The molecule has 4 heteroatoms. The quantitative estimate of drug-likeness (QED) is 0.817. The maximum Gasteiger partial charge on any atom is 0.130 e. The smallest absolute Gasteiger partial charge is 0.130 e. The van der Waals surface area contributed by atoms with E-state index >= 15 is 0 Å². The first kappa shape index (κ1) is 13.8. The number of rotatable bonds is 5. The molecule has 2 atom stereocenters. The summed E-state index contributed by atoms with van der Waals surface area (Å²) in [6.45, 7) is 4.54. The lowest BCUT2D eigenvalue weighted by Crippen LogP contribution is -2.26. The zero-order valence-electron chi connectivity index (χ0n) is 11.0. The van der Waals surface area contributed by atoms with E-state index in [0.29, 0.717) is 6.54 Å². The maximum atomic E-state index is 6.19. The van der Waals surface area contributed by atoms with Crippen LogP contribution in [0, 0.1) is 12.8 Å². The van der Waals surface area contributed by atoms with Crippen molar-refractivity contribution in [1.82, 2.24) is 0 Å². The van der Waals surface area contributed by atoms with Crippen molar-refractivity contribution in [3.63, 3.8) is 0 Å². The van der Waals surface area contributed by atoms with Crippen molar-refractivity contribution in [2.24, 2.45) is 17.4 Å². The average Bonchev–Trinajstić information content (AvgIpc) is 2.36. The Morgan fingerprint density at radius 1 is 1.24 bits per heavy atom. The maximum absolute atomic E-state index is 6.19. The summed E-state index contributed by atoms with van der Waals surface area (Å²) >= 11 is 0. The monoisotopic (exact) mass is 238 g/mol. The highest BCUT2D eigenvalue weighted by Gasteiger charge is 2.20. The summed E-state index contributed by atoms with van der Waals surface area (Å²) in [7, 11) is 3.29. The number of nitrogens with two attached hydrogens (primary N) is 2. The molecule has 0 bridgehead atoms. The number of hydrogen-bond acceptors (Lipinski definition) is 4. The zero-order chi connectivity index (χ0) is 13.0. The van der Waals surface area contributed by atoms with Crippen molar-refractivity contribution >= 4 is 0 Å². The Kier molecular flexibility index (Phi) is 4.78. The fourth-order valence-electron chi connectivity index (χ4n) is 1.90. The van der Waals surface area contributed by atoms with Gasteiger partial charge in [-0.3, -0.25) is 0 Å². The summed E-state index contributed by atoms with van der Waals surface area (Å²) in [6, 6.07) is 3.73. The molecule has 1 rings (SSSR count). The molecule has 0 saturated heterocycles. The van der Waals surface area contributed by atoms with Crippen LogP contribution in [0.4, 0.5) is 0 Å². The molecule has 0 aliphatic rings. The van der Waals surface area contributed by atoms with Gasteiger partial charge in [-0.25, -0.2) is 0 Å². The van der Waals surface area contributed by atoms with Crippen LogP contribution < -0.4 is 20.9 Å². The van der Waals surface area contributed by atoms with Crippen molar-refractivity contribution < 1.29 is 9.47 Å². The Bertz CT molecular complexity index is 380. The summed E-state index contributed by atoms with van der Waals surface area (Å²) in [5.41, 5.74) is 13.8. The molecule has 0 spiro atoms. The third kappa shape index (κ3) is 2.70. The highest BCUT2D eigenvalue weighted by Crippen LogP contribution is 2.35. The molecule has 0 aromatic heterocycles. The van der Waals surface area contributed by atoms with Gasteiger partial charge in [0.1, 0.15) is 11.5 Å². The van der Waals surface area contributed by atoms with Crippen LogP contribution in [-0.2, 0) is 0 Å². The highest BCUT2D eigenvalue weighted by molar-refractivity contribution is 5.50. The molecule has 0 amide bonds. The van der Waals surface area contributed by atoms with Crippen molar-refractivity contribution in [2.45, 2.75) is 19.9 Å². The predicted molar refractivity (Wildman–Crippen MR) is 69.4 cm³/mol. The fourth-order valence-corrected chi connectivity index (χ4v) is 1.90. The first-order valence-corrected chi connectivity index (χ1v) is 5.73. The van der Waals surface area contributed by atoms with Crippen LogP contribution in [-0.4, -0.2) is 20.8 Å². The normalized spacial score (nSPS) is 14.2. The van der Waals surface area contributed by atoms with Crippen LogP contribution in [0.25, 0.3) is 0 Å².